The number of methoxy groups -OCH3 is 1. The van der Waals surface area contributed by atoms with Crippen LogP contribution < -0.4 is 0 Å². The third-order valence-corrected chi connectivity index (χ3v) is 4.93. The maximum atomic E-state index is 5.74. The van der Waals surface area contributed by atoms with Crippen molar-refractivity contribution < 1.29 is 4.74 Å². The largest absolute Gasteiger partial charge is 0.378 e. The fourth-order valence-electron chi connectivity index (χ4n) is 3.61. The van der Waals surface area contributed by atoms with Gasteiger partial charge in [-0.3, -0.25) is 0 Å². The molecule has 0 spiro atoms. The summed E-state index contributed by atoms with van der Waals surface area (Å²) in [5.41, 5.74) is 2.16. The first kappa shape index (κ1) is 10.3. The van der Waals surface area contributed by atoms with Gasteiger partial charge >= 0.3 is 0 Å². The van der Waals surface area contributed by atoms with Crippen LogP contribution in [-0.2, 0) is 10.2 Å². The molecular weight excluding hydrogens is 196 g/mol. The third-order valence-electron chi connectivity index (χ3n) is 4.93. The normalized spacial score (nSPS) is 37.6. The van der Waals surface area contributed by atoms with Crippen molar-refractivity contribution in [3.8, 4) is 0 Å². The highest BCUT2D eigenvalue weighted by molar-refractivity contribution is 5.28. The second-order valence-corrected chi connectivity index (χ2v) is 5.46. The standard InChI is InChI=1S/C15H19O/c1-16-15-10-7-14(8-11-15,9-12-15)13-5-3-2-4-6-13/h2-3,5-6H,7-12H2,1H3. The van der Waals surface area contributed by atoms with Gasteiger partial charge in [0.25, 0.3) is 0 Å². The van der Waals surface area contributed by atoms with Crippen molar-refractivity contribution in [3.63, 3.8) is 0 Å². The van der Waals surface area contributed by atoms with Crippen LogP contribution in [0.15, 0.2) is 24.3 Å². The first-order chi connectivity index (χ1) is 7.79. The van der Waals surface area contributed by atoms with Gasteiger partial charge in [0.15, 0.2) is 0 Å². The molecule has 1 heteroatoms. The van der Waals surface area contributed by atoms with Crippen LogP contribution in [0.1, 0.15) is 44.1 Å². The van der Waals surface area contributed by atoms with E-state index in [1.54, 1.807) is 0 Å². The molecule has 4 rings (SSSR count). The van der Waals surface area contributed by atoms with E-state index in [0.29, 0.717) is 5.41 Å². The van der Waals surface area contributed by atoms with Crippen molar-refractivity contribution in [3.05, 3.63) is 35.9 Å². The van der Waals surface area contributed by atoms with Gasteiger partial charge in [-0.05, 0) is 55.6 Å². The van der Waals surface area contributed by atoms with Gasteiger partial charge in [-0.2, -0.15) is 0 Å². The zero-order valence-electron chi connectivity index (χ0n) is 9.96. The second kappa shape index (κ2) is 3.59. The van der Waals surface area contributed by atoms with E-state index in [4.69, 9.17) is 4.74 Å². The van der Waals surface area contributed by atoms with Crippen LogP contribution >= 0.6 is 0 Å². The minimum absolute atomic E-state index is 0.222. The number of rotatable bonds is 2. The summed E-state index contributed by atoms with van der Waals surface area (Å²) in [7, 11) is 1.88. The lowest BCUT2D eigenvalue weighted by molar-refractivity contribution is -0.0955. The summed E-state index contributed by atoms with van der Waals surface area (Å²) >= 11 is 0. The Morgan fingerprint density at radius 3 is 2.31 bits per heavy atom. The molecule has 1 radical (unpaired) electrons. The molecule has 1 nitrogen and oxygen atoms in total. The molecule has 0 aliphatic heterocycles. The average molecular weight is 215 g/mol. The third kappa shape index (κ3) is 1.41. The minimum Gasteiger partial charge on any atom is -0.378 e. The van der Waals surface area contributed by atoms with Crippen LogP contribution in [0.25, 0.3) is 0 Å². The number of hydrogen-bond acceptors (Lipinski definition) is 1. The molecule has 2 bridgehead atoms. The van der Waals surface area contributed by atoms with E-state index >= 15 is 0 Å². The molecule has 0 heterocycles. The topological polar surface area (TPSA) is 9.23 Å². The van der Waals surface area contributed by atoms with Gasteiger partial charge in [-0.25, -0.2) is 0 Å². The van der Waals surface area contributed by atoms with Crippen LogP contribution in [0.5, 0.6) is 0 Å². The maximum absolute atomic E-state index is 5.74. The molecule has 16 heavy (non-hydrogen) atoms. The number of hydrogen-bond donors (Lipinski definition) is 0. The summed E-state index contributed by atoms with van der Waals surface area (Å²) in [6.07, 6.45) is 7.57. The van der Waals surface area contributed by atoms with Gasteiger partial charge in [-0.15, -0.1) is 0 Å². The van der Waals surface area contributed by atoms with Crippen LogP contribution in [0, 0.1) is 6.07 Å². The number of fused-ring (bicyclic) bond motifs is 3. The van der Waals surface area contributed by atoms with Gasteiger partial charge in [0.1, 0.15) is 0 Å². The van der Waals surface area contributed by atoms with E-state index in [2.05, 4.69) is 24.3 Å². The summed E-state index contributed by atoms with van der Waals surface area (Å²) in [6, 6.07) is 11.8. The second-order valence-electron chi connectivity index (χ2n) is 5.46. The zero-order chi connectivity index (χ0) is 11.1. The quantitative estimate of drug-likeness (QED) is 0.734. The molecular formula is C15H19O. The highest BCUT2D eigenvalue weighted by atomic mass is 16.5. The van der Waals surface area contributed by atoms with E-state index < -0.39 is 0 Å². The Balaban J connectivity index is 1.89. The highest BCUT2D eigenvalue weighted by Gasteiger charge is 2.49. The molecule has 0 amide bonds. The summed E-state index contributed by atoms with van der Waals surface area (Å²) < 4.78 is 5.74. The number of ether oxygens (including phenoxy) is 1. The van der Waals surface area contributed by atoms with Crippen molar-refractivity contribution in [1.29, 1.82) is 0 Å². The Morgan fingerprint density at radius 1 is 1.12 bits per heavy atom. The van der Waals surface area contributed by atoms with E-state index in [1.165, 1.54) is 44.1 Å². The van der Waals surface area contributed by atoms with Crippen molar-refractivity contribution in [2.75, 3.05) is 7.11 Å². The summed E-state index contributed by atoms with van der Waals surface area (Å²) in [5, 5.41) is 0. The van der Waals surface area contributed by atoms with Crippen molar-refractivity contribution >= 4 is 0 Å². The fraction of sp³-hybridized carbons (Fsp3) is 0.600. The zero-order valence-corrected chi connectivity index (χ0v) is 9.96. The molecule has 0 atom stereocenters. The predicted molar refractivity (Wildman–Crippen MR) is 64.4 cm³/mol. The summed E-state index contributed by atoms with van der Waals surface area (Å²) in [5.74, 6) is 0. The van der Waals surface area contributed by atoms with Crippen LogP contribution in [-0.4, -0.2) is 12.7 Å². The van der Waals surface area contributed by atoms with Gasteiger partial charge in [0, 0.05) is 7.11 Å². The lowest BCUT2D eigenvalue weighted by Gasteiger charge is -2.53. The van der Waals surface area contributed by atoms with Crippen molar-refractivity contribution in [2.24, 2.45) is 0 Å². The van der Waals surface area contributed by atoms with Gasteiger partial charge in [0.05, 0.1) is 5.60 Å². The van der Waals surface area contributed by atoms with Crippen LogP contribution in [0.3, 0.4) is 0 Å². The molecule has 1 aromatic carbocycles. The van der Waals surface area contributed by atoms with Gasteiger partial charge in [-0.1, -0.05) is 24.3 Å². The lowest BCUT2D eigenvalue weighted by Crippen LogP contribution is -2.49. The smallest absolute Gasteiger partial charge is 0.0679 e. The summed E-state index contributed by atoms with van der Waals surface area (Å²) in [4.78, 5) is 0. The Morgan fingerprint density at radius 2 is 1.81 bits per heavy atom. The summed E-state index contributed by atoms with van der Waals surface area (Å²) in [6.45, 7) is 0. The number of benzene rings is 1. The monoisotopic (exact) mass is 215 g/mol. The van der Waals surface area contributed by atoms with Crippen molar-refractivity contribution in [2.45, 2.75) is 49.5 Å². The molecule has 0 unspecified atom stereocenters. The molecule has 3 aliphatic rings. The van der Waals surface area contributed by atoms with E-state index in [0.717, 1.165) is 0 Å². The average Bonchev–Trinajstić information content (AvgIpc) is 2.42. The lowest BCUT2D eigenvalue weighted by atomic mass is 9.56. The molecule has 3 saturated carbocycles. The first-order valence-electron chi connectivity index (χ1n) is 6.31. The van der Waals surface area contributed by atoms with Gasteiger partial charge < -0.3 is 4.74 Å². The Bertz CT molecular complexity index is 344. The Labute approximate surface area is 97.8 Å². The van der Waals surface area contributed by atoms with Crippen LogP contribution in [0.2, 0.25) is 0 Å². The molecule has 1 aromatic rings. The Hall–Kier alpha value is -0.820. The molecule has 85 valence electrons. The van der Waals surface area contributed by atoms with E-state index in [9.17, 15) is 0 Å². The molecule has 0 aromatic heterocycles. The van der Waals surface area contributed by atoms with Crippen LogP contribution in [0.4, 0.5) is 0 Å². The fourth-order valence-corrected chi connectivity index (χ4v) is 3.61. The maximum Gasteiger partial charge on any atom is 0.0679 e. The predicted octanol–water partition coefficient (Wildman–Crippen LogP) is 3.48. The molecule has 0 N–H and O–H groups in total. The molecule has 3 aliphatic carbocycles. The molecule has 3 fully saturated rings. The molecule has 0 saturated heterocycles. The SMILES string of the molecule is COC12CCC(c3c[c]ccc3)(CC1)CC2. The minimum atomic E-state index is 0.222. The first-order valence-corrected chi connectivity index (χ1v) is 6.31. The van der Waals surface area contributed by atoms with Crippen molar-refractivity contribution in [1.82, 2.24) is 0 Å². The Kier molecular flexibility index (Phi) is 2.32. The van der Waals surface area contributed by atoms with E-state index in [-0.39, 0.29) is 5.60 Å². The van der Waals surface area contributed by atoms with Gasteiger partial charge in [0.2, 0.25) is 0 Å². The highest BCUT2D eigenvalue weighted by Crippen LogP contribution is 2.54. The van der Waals surface area contributed by atoms with E-state index in [1.807, 2.05) is 13.2 Å².